The second kappa shape index (κ2) is 22.2. The molecule has 10 heteroatoms. The average molecular weight is 713 g/mol. The van der Waals surface area contributed by atoms with Crippen molar-refractivity contribution in [2.24, 2.45) is 0 Å². The summed E-state index contributed by atoms with van der Waals surface area (Å²) in [7, 11) is 4.55. The van der Waals surface area contributed by atoms with Gasteiger partial charge in [-0.2, -0.15) is 0 Å². The first kappa shape index (κ1) is 39.9. The van der Waals surface area contributed by atoms with Gasteiger partial charge < -0.3 is 33.9 Å². The summed E-state index contributed by atoms with van der Waals surface area (Å²) >= 11 is 0. The van der Waals surface area contributed by atoms with E-state index in [0.717, 1.165) is 37.0 Å². The molecular weight excluding hydrogens is 656 g/mol. The normalized spacial score (nSPS) is 11.3. The molecule has 0 fully saturated rings. The van der Waals surface area contributed by atoms with Crippen LogP contribution in [-0.4, -0.2) is 68.4 Å². The molecule has 52 heavy (non-hydrogen) atoms. The van der Waals surface area contributed by atoms with Crippen LogP contribution in [0.15, 0.2) is 67.0 Å². The number of carbonyl (C=O) groups excluding carboxylic acids is 1. The molecule has 0 aliphatic heterocycles. The highest BCUT2D eigenvalue weighted by molar-refractivity contribution is 5.95. The number of unbranched alkanes of at least 4 members (excludes halogenated alkanes) is 6. The maximum Gasteiger partial charge on any atom is 0.330 e. The van der Waals surface area contributed by atoms with Crippen molar-refractivity contribution in [2.75, 3.05) is 52.9 Å². The van der Waals surface area contributed by atoms with Gasteiger partial charge in [0.1, 0.15) is 18.8 Å². The summed E-state index contributed by atoms with van der Waals surface area (Å²) < 4.78 is 29.1. The lowest BCUT2D eigenvalue weighted by molar-refractivity contribution is -0.134. The summed E-state index contributed by atoms with van der Waals surface area (Å²) in [5.41, 5.74) is 2.92. The van der Waals surface area contributed by atoms with Crippen molar-refractivity contribution < 1.29 is 28.5 Å². The van der Waals surface area contributed by atoms with Crippen molar-refractivity contribution in [1.82, 2.24) is 14.9 Å². The van der Waals surface area contributed by atoms with Gasteiger partial charge in [-0.15, -0.1) is 0 Å². The van der Waals surface area contributed by atoms with E-state index in [1.807, 2.05) is 54.6 Å². The predicted octanol–water partition coefficient (Wildman–Crippen LogP) is 9.39. The van der Waals surface area contributed by atoms with E-state index in [9.17, 15) is 4.79 Å². The van der Waals surface area contributed by atoms with E-state index in [1.54, 1.807) is 20.3 Å². The number of methoxy groups -OCH3 is 3. The number of nitrogens with zero attached hydrogens (tertiary/aromatic N) is 3. The van der Waals surface area contributed by atoms with E-state index in [4.69, 9.17) is 23.7 Å². The number of hydrogen-bond acceptors (Lipinski definition) is 10. The van der Waals surface area contributed by atoms with Gasteiger partial charge in [0.15, 0.2) is 23.0 Å². The Hall–Kier alpha value is -4.83. The van der Waals surface area contributed by atoms with Crippen molar-refractivity contribution >= 4 is 34.5 Å². The van der Waals surface area contributed by atoms with E-state index in [-0.39, 0.29) is 0 Å². The molecule has 4 aromatic rings. The van der Waals surface area contributed by atoms with E-state index < -0.39 is 5.97 Å². The fourth-order valence-electron chi connectivity index (χ4n) is 6.01. The standard InChI is InChI=1S/C42H56N4O6/c1-6-8-10-15-24-46(25-16-11-9-7-2)26-17-27-51-38-28-34-35(29-37(38)48-3)43-31-44-42(34)45-40-33(21-23-39(47)49-4)20-22-36(41(40)50-5)52-30-32-18-13-12-14-19-32/h12-14,18-23,28-29,31H,6-11,15-17,24-27,30H2,1-5H3,(H,43,44,45)/b23-21+. The number of nitrogens with one attached hydrogen (secondary N) is 1. The molecule has 0 amide bonds. The van der Waals surface area contributed by atoms with Crippen LogP contribution >= 0.6 is 0 Å². The van der Waals surface area contributed by atoms with Gasteiger partial charge in [0.2, 0.25) is 0 Å². The number of aromatic nitrogens is 2. The van der Waals surface area contributed by atoms with Crippen molar-refractivity contribution in [3.8, 4) is 23.0 Å². The fraction of sp³-hybridized carbons (Fsp3) is 0.452. The number of hydrogen-bond donors (Lipinski definition) is 1. The number of rotatable bonds is 24. The minimum absolute atomic E-state index is 0.348. The van der Waals surface area contributed by atoms with Crippen LogP contribution in [0.5, 0.6) is 23.0 Å². The second-order valence-electron chi connectivity index (χ2n) is 12.7. The van der Waals surface area contributed by atoms with Crippen LogP contribution < -0.4 is 24.3 Å². The van der Waals surface area contributed by atoms with Gasteiger partial charge in [0.05, 0.1) is 39.1 Å². The van der Waals surface area contributed by atoms with E-state index >= 15 is 0 Å². The molecule has 1 N–H and O–H groups in total. The van der Waals surface area contributed by atoms with Crippen molar-refractivity contribution in [1.29, 1.82) is 0 Å². The van der Waals surface area contributed by atoms with Gasteiger partial charge in [-0.3, -0.25) is 0 Å². The highest BCUT2D eigenvalue weighted by Crippen LogP contribution is 2.42. The molecular formula is C42H56N4O6. The zero-order valence-corrected chi connectivity index (χ0v) is 31.6. The summed E-state index contributed by atoms with van der Waals surface area (Å²) in [6, 6.07) is 17.3. The average Bonchev–Trinajstić information content (AvgIpc) is 3.18. The molecule has 0 saturated carbocycles. The van der Waals surface area contributed by atoms with Crippen LogP contribution in [0.3, 0.4) is 0 Å². The Bertz CT molecular complexity index is 1690. The third-order valence-electron chi connectivity index (χ3n) is 8.89. The van der Waals surface area contributed by atoms with Gasteiger partial charge in [-0.1, -0.05) is 82.7 Å². The summed E-state index contributed by atoms with van der Waals surface area (Å²) in [6.07, 6.45) is 15.5. The molecule has 1 heterocycles. The van der Waals surface area contributed by atoms with Gasteiger partial charge in [-0.05, 0) is 62.2 Å². The van der Waals surface area contributed by atoms with Gasteiger partial charge in [0.25, 0.3) is 0 Å². The minimum atomic E-state index is -0.480. The van der Waals surface area contributed by atoms with Crippen LogP contribution in [0.25, 0.3) is 17.0 Å². The molecule has 10 nitrogen and oxygen atoms in total. The number of esters is 1. The van der Waals surface area contributed by atoms with E-state index in [1.165, 1.54) is 70.9 Å². The zero-order valence-electron chi connectivity index (χ0n) is 31.6. The van der Waals surface area contributed by atoms with Gasteiger partial charge in [0, 0.05) is 29.6 Å². The van der Waals surface area contributed by atoms with Crippen molar-refractivity contribution in [3.05, 3.63) is 78.1 Å². The molecule has 0 bridgehead atoms. The Kier molecular flexibility index (Phi) is 17.0. The first-order chi connectivity index (χ1) is 25.5. The maximum atomic E-state index is 12.1. The van der Waals surface area contributed by atoms with E-state index in [2.05, 4.69) is 34.0 Å². The molecule has 0 aliphatic rings. The monoisotopic (exact) mass is 712 g/mol. The van der Waals surface area contributed by atoms with Crippen LogP contribution in [0.4, 0.5) is 11.5 Å². The smallest absolute Gasteiger partial charge is 0.330 e. The summed E-state index contributed by atoms with van der Waals surface area (Å²) in [4.78, 5) is 23.8. The van der Waals surface area contributed by atoms with E-state index in [0.29, 0.717) is 58.8 Å². The van der Waals surface area contributed by atoms with Gasteiger partial charge in [-0.25, -0.2) is 14.8 Å². The lowest BCUT2D eigenvalue weighted by atomic mass is 10.1. The van der Waals surface area contributed by atoms with Crippen LogP contribution in [-0.2, 0) is 16.1 Å². The number of benzene rings is 3. The molecule has 0 unspecified atom stereocenters. The van der Waals surface area contributed by atoms with Gasteiger partial charge >= 0.3 is 5.97 Å². The van der Waals surface area contributed by atoms with Crippen molar-refractivity contribution in [3.63, 3.8) is 0 Å². The Labute approximate surface area is 309 Å². The Morgan fingerprint density at radius 1 is 0.769 bits per heavy atom. The number of ether oxygens (including phenoxy) is 5. The summed E-state index contributed by atoms with van der Waals surface area (Å²) in [5.74, 6) is 2.24. The maximum absolute atomic E-state index is 12.1. The molecule has 0 radical (unpaired) electrons. The quantitative estimate of drug-likeness (QED) is 0.0429. The molecule has 280 valence electrons. The third kappa shape index (κ3) is 12.1. The zero-order chi connectivity index (χ0) is 37.0. The topological polar surface area (TPSA) is 104 Å². The Balaban J connectivity index is 1.58. The van der Waals surface area contributed by atoms with Crippen LogP contribution in [0.2, 0.25) is 0 Å². The second-order valence-corrected chi connectivity index (χ2v) is 12.7. The molecule has 1 aromatic heterocycles. The van der Waals surface area contributed by atoms with Crippen molar-refractivity contribution in [2.45, 2.75) is 78.2 Å². The highest BCUT2D eigenvalue weighted by Gasteiger charge is 2.19. The van der Waals surface area contributed by atoms with Crippen LogP contribution in [0, 0.1) is 0 Å². The summed E-state index contributed by atoms with van der Waals surface area (Å²) in [6.45, 7) is 8.68. The lowest BCUT2D eigenvalue weighted by Gasteiger charge is -2.22. The molecule has 3 aromatic carbocycles. The molecule has 0 atom stereocenters. The molecule has 0 aliphatic carbocycles. The Morgan fingerprint density at radius 2 is 1.50 bits per heavy atom. The Morgan fingerprint density at radius 3 is 2.17 bits per heavy atom. The molecule has 4 rings (SSSR count). The number of fused-ring (bicyclic) bond motifs is 1. The number of anilines is 2. The SMILES string of the molecule is CCCCCCN(CCCCCC)CCCOc1cc2c(Nc3c(/C=C/C(=O)OC)ccc(OCc4ccccc4)c3OC)ncnc2cc1OC. The molecule has 0 saturated heterocycles. The highest BCUT2D eigenvalue weighted by atomic mass is 16.5. The van der Waals surface area contributed by atoms with Crippen LogP contribution in [0.1, 0.15) is 82.8 Å². The minimum Gasteiger partial charge on any atom is -0.493 e. The fourth-order valence-corrected chi connectivity index (χ4v) is 6.01. The largest absolute Gasteiger partial charge is 0.493 e. The lowest BCUT2D eigenvalue weighted by Crippen LogP contribution is -2.28. The predicted molar refractivity (Wildman–Crippen MR) is 209 cm³/mol. The first-order valence-electron chi connectivity index (χ1n) is 18.6. The summed E-state index contributed by atoms with van der Waals surface area (Å²) in [5, 5.41) is 4.19. The first-order valence-corrected chi connectivity index (χ1v) is 18.6. The molecule has 0 spiro atoms. The third-order valence-corrected chi connectivity index (χ3v) is 8.89. The number of carbonyl (C=O) groups is 1.